The topological polar surface area (TPSA) is 150 Å². The number of nitrogens with one attached hydrogen (secondary N) is 3. The van der Waals surface area contributed by atoms with Crippen LogP contribution in [0, 0.1) is 5.82 Å². The lowest BCUT2D eigenvalue weighted by molar-refractivity contribution is -0.143. The van der Waals surface area contributed by atoms with Crippen LogP contribution < -0.4 is 10.6 Å². The lowest BCUT2D eigenvalue weighted by Crippen LogP contribution is -2.48. The van der Waals surface area contributed by atoms with E-state index in [1.165, 1.54) is 30.7 Å². The van der Waals surface area contributed by atoms with E-state index >= 15 is 0 Å². The molecule has 4 rings (SSSR count). The summed E-state index contributed by atoms with van der Waals surface area (Å²) in [5.41, 5.74) is -0.462. The van der Waals surface area contributed by atoms with Gasteiger partial charge in [0.1, 0.15) is 11.9 Å². The second-order valence-electron chi connectivity index (χ2n) is 7.01. The fourth-order valence-corrected chi connectivity index (χ4v) is 4.14. The van der Waals surface area contributed by atoms with Crippen LogP contribution in [-0.2, 0) is 25.5 Å². The van der Waals surface area contributed by atoms with Gasteiger partial charge in [-0.15, -0.1) is 0 Å². The Morgan fingerprint density at radius 1 is 1.42 bits per heavy atom. The molecule has 1 aliphatic heterocycles. The predicted octanol–water partition coefficient (Wildman–Crippen LogP) is 1.46. The van der Waals surface area contributed by atoms with Crippen molar-refractivity contribution in [2.75, 3.05) is 5.32 Å². The van der Waals surface area contributed by atoms with Crippen LogP contribution in [0.25, 0.3) is 10.2 Å². The number of hydrogen-bond acceptors (Lipinski definition) is 7. The van der Waals surface area contributed by atoms with E-state index in [2.05, 4.69) is 25.6 Å². The largest absolute Gasteiger partial charge is 0.479 e. The monoisotopic (exact) mass is 447 g/mol. The third-order valence-corrected chi connectivity index (χ3v) is 5.95. The molecule has 0 bridgehead atoms. The van der Waals surface area contributed by atoms with E-state index in [-0.39, 0.29) is 18.0 Å². The molecule has 1 fully saturated rings. The first-order valence-corrected chi connectivity index (χ1v) is 10.2. The normalized spacial score (nSPS) is 20.9. The van der Waals surface area contributed by atoms with Gasteiger partial charge in [0, 0.05) is 18.3 Å². The Bertz CT molecular complexity index is 1150. The number of amides is 2. The summed E-state index contributed by atoms with van der Waals surface area (Å²) in [6.45, 7) is 1.60. The van der Waals surface area contributed by atoms with Crippen molar-refractivity contribution in [2.45, 2.75) is 37.5 Å². The molecule has 1 saturated heterocycles. The number of ether oxygens (including phenoxy) is 1. The zero-order chi connectivity index (χ0) is 22.2. The van der Waals surface area contributed by atoms with Crippen molar-refractivity contribution in [1.29, 1.82) is 0 Å². The molecule has 2 amide bonds. The highest BCUT2D eigenvalue weighted by Crippen LogP contribution is 2.40. The summed E-state index contributed by atoms with van der Waals surface area (Å²) in [6, 6.07) is 3.03. The number of nitrogens with zero attached hydrogens (tertiary/aromatic N) is 2. The molecule has 0 spiro atoms. The molecule has 12 heteroatoms. The first-order chi connectivity index (χ1) is 14.8. The SMILES string of the molecule is CCC1(C(=O)O)OC1C(=O)NC(Cc1cnc[nH]1)C(=O)Nc1nc2ccc(F)cc2s1. The second-order valence-corrected chi connectivity index (χ2v) is 8.04. The van der Waals surface area contributed by atoms with Crippen LogP contribution in [0.3, 0.4) is 0 Å². The molecule has 0 aliphatic carbocycles. The van der Waals surface area contributed by atoms with Gasteiger partial charge in [0.15, 0.2) is 11.2 Å². The summed E-state index contributed by atoms with van der Waals surface area (Å²) in [5.74, 6) is -2.91. The molecule has 3 atom stereocenters. The van der Waals surface area contributed by atoms with Crippen LogP contribution in [-0.4, -0.2) is 55.6 Å². The lowest BCUT2D eigenvalue weighted by atomic mass is 10.0. The number of epoxide rings is 1. The van der Waals surface area contributed by atoms with Crippen LogP contribution in [0.15, 0.2) is 30.7 Å². The van der Waals surface area contributed by atoms with Crippen LogP contribution >= 0.6 is 11.3 Å². The highest BCUT2D eigenvalue weighted by atomic mass is 32.1. The Kier molecular flexibility index (Phi) is 5.41. The average molecular weight is 447 g/mol. The number of thiazole rings is 1. The summed E-state index contributed by atoms with van der Waals surface area (Å²) in [7, 11) is 0. The maximum Gasteiger partial charge on any atom is 0.339 e. The number of imidazole rings is 1. The van der Waals surface area contributed by atoms with Gasteiger partial charge in [-0.25, -0.2) is 19.2 Å². The van der Waals surface area contributed by atoms with E-state index in [0.29, 0.717) is 15.9 Å². The number of carbonyl (C=O) groups excluding carboxylic acids is 2. The van der Waals surface area contributed by atoms with Gasteiger partial charge in [0.25, 0.3) is 5.91 Å². The molecule has 0 radical (unpaired) electrons. The van der Waals surface area contributed by atoms with Gasteiger partial charge in [0.2, 0.25) is 11.5 Å². The summed E-state index contributed by atoms with van der Waals surface area (Å²) in [5, 5.41) is 14.7. The number of halogens is 1. The smallest absolute Gasteiger partial charge is 0.339 e. The Morgan fingerprint density at radius 3 is 2.87 bits per heavy atom. The maximum atomic E-state index is 13.4. The summed E-state index contributed by atoms with van der Waals surface area (Å²) >= 11 is 1.09. The van der Waals surface area contributed by atoms with Crippen molar-refractivity contribution in [3.8, 4) is 0 Å². The van der Waals surface area contributed by atoms with Crippen molar-refractivity contribution in [3.63, 3.8) is 0 Å². The van der Waals surface area contributed by atoms with Gasteiger partial charge in [-0.2, -0.15) is 0 Å². The second kappa shape index (κ2) is 8.04. The van der Waals surface area contributed by atoms with Crippen molar-refractivity contribution >= 4 is 44.5 Å². The first-order valence-electron chi connectivity index (χ1n) is 9.38. The van der Waals surface area contributed by atoms with Crippen LogP contribution in [0.1, 0.15) is 19.0 Å². The Morgan fingerprint density at radius 2 is 2.23 bits per heavy atom. The molecule has 3 heterocycles. The zero-order valence-electron chi connectivity index (χ0n) is 16.2. The number of aromatic nitrogens is 3. The van der Waals surface area contributed by atoms with E-state index in [0.717, 1.165) is 11.3 Å². The quantitative estimate of drug-likeness (QED) is 0.382. The number of benzene rings is 1. The fourth-order valence-electron chi connectivity index (χ4n) is 3.24. The van der Waals surface area contributed by atoms with Gasteiger partial charge in [0.05, 0.1) is 16.5 Å². The van der Waals surface area contributed by atoms with E-state index in [9.17, 15) is 23.9 Å². The Hall–Kier alpha value is -3.38. The molecular weight excluding hydrogens is 429 g/mol. The predicted molar refractivity (Wildman–Crippen MR) is 108 cm³/mol. The molecule has 2 aromatic heterocycles. The third-order valence-electron chi connectivity index (χ3n) is 5.01. The number of carboxylic acid groups (broad SMARTS) is 1. The van der Waals surface area contributed by atoms with Gasteiger partial charge < -0.3 is 25.5 Å². The molecule has 31 heavy (non-hydrogen) atoms. The molecule has 0 saturated carbocycles. The zero-order valence-corrected chi connectivity index (χ0v) is 17.0. The summed E-state index contributed by atoms with van der Waals surface area (Å²) in [4.78, 5) is 47.9. The number of aliphatic carboxylic acids is 1. The van der Waals surface area contributed by atoms with Gasteiger partial charge >= 0.3 is 5.97 Å². The fraction of sp³-hybridized carbons (Fsp3) is 0.316. The standard InChI is InChI=1S/C19H18FN5O5S/c1-2-19(17(28)29)14(30-19)16(27)23-12(6-10-7-21-8-22-10)15(26)25-18-24-11-4-3-9(20)5-13(11)31-18/h3-5,7-8,12,14H,2,6H2,1H3,(H,21,22)(H,23,27)(H,28,29)(H,24,25,26). The number of fused-ring (bicyclic) bond motifs is 1. The van der Waals surface area contributed by atoms with Crippen LogP contribution in [0.5, 0.6) is 0 Å². The lowest BCUT2D eigenvalue weighted by Gasteiger charge is -2.17. The molecule has 10 nitrogen and oxygen atoms in total. The third kappa shape index (κ3) is 4.11. The number of carboxylic acids is 1. The average Bonchev–Trinajstić information content (AvgIpc) is 3.04. The molecule has 1 aliphatic rings. The van der Waals surface area contributed by atoms with E-state index in [4.69, 9.17) is 4.74 Å². The van der Waals surface area contributed by atoms with E-state index < -0.39 is 41.3 Å². The minimum absolute atomic E-state index is 0.0794. The summed E-state index contributed by atoms with van der Waals surface area (Å²) in [6.07, 6.45) is 1.95. The molecule has 1 aromatic carbocycles. The first kappa shape index (κ1) is 20.9. The number of hydrogen-bond donors (Lipinski definition) is 4. The summed E-state index contributed by atoms with van der Waals surface area (Å²) < 4.78 is 19.1. The molecule has 4 N–H and O–H groups in total. The minimum atomic E-state index is -1.57. The number of H-pyrrole nitrogens is 1. The Labute approximate surface area is 178 Å². The van der Waals surface area contributed by atoms with E-state index in [1.807, 2.05) is 0 Å². The van der Waals surface area contributed by atoms with Crippen molar-refractivity contribution in [3.05, 3.63) is 42.2 Å². The highest BCUT2D eigenvalue weighted by molar-refractivity contribution is 7.22. The molecular formula is C19H18FN5O5S. The molecule has 3 aromatic rings. The van der Waals surface area contributed by atoms with Crippen molar-refractivity contribution in [2.24, 2.45) is 0 Å². The molecule has 3 unspecified atom stereocenters. The number of rotatable bonds is 8. The van der Waals surface area contributed by atoms with Crippen molar-refractivity contribution in [1.82, 2.24) is 20.3 Å². The number of carbonyl (C=O) groups is 3. The number of anilines is 1. The molecule has 162 valence electrons. The van der Waals surface area contributed by atoms with Gasteiger partial charge in [-0.3, -0.25) is 9.59 Å². The minimum Gasteiger partial charge on any atom is -0.479 e. The van der Waals surface area contributed by atoms with Crippen molar-refractivity contribution < 1.29 is 28.6 Å². The van der Waals surface area contributed by atoms with Gasteiger partial charge in [-0.1, -0.05) is 18.3 Å². The van der Waals surface area contributed by atoms with E-state index in [1.54, 1.807) is 6.92 Å². The van der Waals surface area contributed by atoms with Gasteiger partial charge in [-0.05, 0) is 24.6 Å². The van der Waals surface area contributed by atoms with Crippen LogP contribution in [0.2, 0.25) is 0 Å². The maximum absolute atomic E-state index is 13.4. The Balaban J connectivity index is 1.50. The number of aromatic amines is 1. The highest BCUT2D eigenvalue weighted by Gasteiger charge is 2.65. The van der Waals surface area contributed by atoms with Crippen LogP contribution in [0.4, 0.5) is 9.52 Å².